The smallest absolute Gasteiger partial charge is 0.322 e. The molecule has 0 aliphatic heterocycles. The first kappa shape index (κ1) is 14.5. The first-order chi connectivity index (χ1) is 11.2. The van der Waals surface area contributed by atoms with Crippen molar-refractivity contribution >= 4 is 24.1 Å². The van der Waals surface area contributed by atoms with Crippen LogP contribution in [-0.2, 0) is 0 Å². The molecule has 2 aromatic carbocycles. The summed E-state index contributed by atoms with van der Waals surface area (Å²) in [6.07, 6.45) is 3.38. The standard InChI is InChI=1S/C17H13N3O3/c21-14-9-6-12(7-10-14)8-11-15-19-20-17(23-15)18-16(22)13-4-2-1-3-5-13/h1-11,21H,(H,18,20,22). The molecule has 1 aromatic heterocycles. The average molecular weight is 307 g/mol. The van der Waals surface area contributed by atoms with E-state index in [1.165, 1.54) is 0 Å². The topological polar surface area (TPSA) is 88.2 Å². The average Bonchev–Trinajstić information content (AvgIpc) is 3.02. The van der Waals surface area contributed by atoms with Crippen LogP contribution in [0.2, 0.25) is 0 Å². The van der Waals surface area contributed by atoms with Crippen molar-refractivity contribution in [2.24, 2.45) is 0 Å². The number of aromatic hydroxyl groups is 1. The van der Waals surface area contributed by atoms with E-state index in [1.54, 1.807) is 60.7 Å². The van der Waals surface area contributed by atoms with E-state index in [-0.39, 0.29) is 23.6 Å². The molecule has 0 fully saturated rings. The zero-order valence-electron chi connectivity index (χ0n) is 12.0. The first-order valence-corrected chi connectivity index (χ1v) is 6.88. The molecule has 1 heterocycles. The van der Waals surface area contributed by atoms with Crippen molar-refractivity contribution in [2.75, 3.05) is 5.32 Å². The lowest BCUT2D eigenvalue weighted by Crippen LogP contribution is -2.11. The molecule has 0 radical (unpaired) electrons. The van der Waals surface area contributed by atoms with Crippen LogP contribution in [0.15, 0.2) is 59.0 Å². The molecule has 3 rings (SSSR count). The molecule has 6 heteroatoms. The number of hydrogen-bond acceptors (Lipinski definition) is 5. The summed E-state index contributed by atoms with van der Waals surface area (Å²) < 4.78 is 5.33. The summed E-state index contributed by atoms with van der Waals surface area (Å²) in [6, 6.07) is 15.5. The number of phenols is 1. The fraction of sp³-hybridized carbons (Fsp3) is 0. The quantitative estimate of drug-likeness (QED) is 0.772. The fourth-order valence-electron chi connectivity index (χ4n) is 1.86. The number of nitrogens with one attached hydrogen (secondary N) is 1. The number of hydrogen-bond donors (Lipinski definition) is 2. The minimum atomic E-state index is -0.316. The summed E-state index contributed by atoms with van der Waals surface area (Å²) in [5.74, 6) is 0.149. The largest absolute Gasteiger partial charge is 0.508 e. The zero-order valence-corrected chi connectivity index (χ0v) is 12.0. The van der Waals surface area contributed by atoms with Crippen molar-refractivity contribution in [1.29, 1.82) is 0 Å². The molecule has 6 nitrogen and oxygen atoms in total. The van der Waals surface area contributed by atoms with Gasteiger partial charge in [-0.25, -0.2) is 0 Å². The number of benzene rings is 2. The molecule has 0 spiro atoms. The highest BCUT2D eigenvalue weighted by atomic mass is 16.4. The fourth-order valence-corrected chi connectivity index (χ4v) is 1.86. The lowest BCUT2D eigenvalue weighted by atomic mass is 10.2. The number of nitrogens with zero attached hydrogens (tertiary/aromatic N) is 2. The predicted molar refractivity (Wildman–Crippen MR) is 85.7 cm³/mol. The summed E-state index contributed by atoms with van der Waals surface area (Å²) in [5.41, 5.74) is 1.38. The Morgan fingerprint density at radius 2 is 1.74 bits per heavy atom. The summed E-state index contributed by atoms with van der Waals surface area (Å²) >= 11 is 0. The zero-order chi connectivity index (χ0) is 16.1. The third-order valence-corrected chi connectivity index (χ3v) is 3.01. The van der Waals surface area contributed by atoms with Crippen LogP contribution >= 0.6 is 0 Å². The van der Waals surface area contributed by atoms with Crippen LogP contribution in [0.4, 0.5) is 6.01 Å². The molecule has 23 heavy (non-hydrogen) atoms. The van der Waals surface area contributed by atoms with Gasteiger partial charge in [-0.15, -0.1) is 5.10 Å². The van der Waals surface area contributed by atoms with Gasteiger partial charge in [0.05, 0.1) is 0 Å². The highest BCUT2D eigenvalue weighted by Gasteiger charge is 2.09. The van der Waals surface area contributed by atoms with E-state index < -0.39 is 0 Å². The molecule has 3 aromatic rings. The Morgan fingerprint density at radius 1 is 1.00 bits per heavy atom. The SMILES string of the molecule is O=C(Nc1nnc(C=Cc2ccc(O)cc2)o1)c1ccccc1. The van der Waals surface area contributed by atoms with Gasteiger partial charge in [0, 0.05) is 11.6 Å². The van der Waals surface area contributed by atoms with Gasteiger partial charge in [-0.1, -0.05) is 35.4 Å². The highest BCUT2D eigenvalue weighted by Crippen LogP contribution is 2.14. The molecule has 114 valence electrons. The molecule has 0 unspecified atom stereocenters. The van der Waals surface area contributed by atoms with E-state index in [2.05, 4.69) is 15.5 Å². The third-order valence-electron chi connectivity index (χ3n) is 3.01. The second-order valence-electron chi connectivity index (χ2n) is 4.69. The number of amides is 1. The van der Waals surface area contributed by atoms with Crippen LogP contribution in [0.1, 0.15) is 21.8 Å². The Balaban J connectivity index is 1.66. The summed E-state index contributed by atoms with van der Waals surface area (Å²) in [5, 5.41) is 19.4. The molecule has 0 saturated carbocycles. The Morgan fingerprint density at radius 3 is 2.48 bits per heavy atom. The first-order valence-electron chi connectivity index (χ1n) is 6.88. The van der Waals surface area contributed by atoms with Crippen LogP contribution in [0.3, 0.4) is 0 Å². The van der Waals surface area contributed by atoms with Crippen LogP contribution < -0.4 is 5.32 Å². The normalized spacial score (nSPS) is 10.8. The number of carbonyl (C=O) groups is 1. The van der Waals surface area contributed by atoms with Gasteiger partial charge in [-0.3, -0.25) is 10.1 Å². The van der Waals surface area contributed by atoms with Gasteiger partial charge in [0.1, 0.15) is 5.75 Å². The molecule has 0 aliphatic rings. The van der Waals surface area contributed by atoms with Crippen molar-refractivity contribution in [3.8, 4) is 5.75 Å². The number of carbonyl (C=O) groups excluding carboxylic acids is 1. The van der Waals surface area contributed by atoms with E-state index in [1.807, 2.05) is 6.07 Å². The van der Waals surface area contributed by atoms with Gasteiger partial charge in [0.25, 0.3) is 5.91 Å². The van der Waals surface area contributed by atoms with Crippen LogP contribution in [0.5, 0.6) is 5.75 Å². The molecule has 1 amide bonds. The van der Waals surface area contributed by atoms with Gasteiger partial charge in [0.2, 0.25) is 5.89 Å². The van der Waals surface area contributed by atoms with Crippen molar-refractivity contribution in [3.63, 3.8) is 0 Å². The molecule has 0 atom stereocenters. The van der Waals surface area contributed by atoms with Crippen molar-refractivity contribution in [2.45, 2.75) is 0 Å². The summed E-state index contributed by atoms with van der Waals surface area (Å²) in [7, 11) is 0. The highest BCUT2D eigenvalue weighted by molar-refractivity contribution is 6.03. The minimum absolute atomic E-state index is 0.0317. The van der Waals surface area contributed by atoms with Gasteiger partial charge < -0.3 is 9.52 Å². The van der Waals surface area contributed by atoms with Gasteiger partial charge in [0.15, 0.2) is 0 Å². The Kier molecular flexibility index (Phi) is 4.15. The van der Waals surface area contributed by atoms with E-state index in [0.29, 0.717) is 5.56 Å². The van der Waals surface area contributed by atoms with Crippen LogP contribution in [-0.4, -0.2) is 21.2 Å². The predicted octanol–water partition coefficient (Wildman–Crippen LogP) is 3.20. The van der Waals surface area contributed by atoms with Crippen LogP contribution in [0, 0.1) is 0 Å². The summed E-state index contributed by atoms with van der Waals surface area (Å²) in [4.78, 5) is 12.0. The lowest BCUT2D eigenvalue weighted by molar-refractivity contribution is 0.102. The molecular weight excluding hydrogens is 294 g/mol. The molecule has 0 aliphatic carbocycles. The Hall–Kier alpha value is -3.41. The van der Waals surface area contributed by atoms with E-state index >= 15 is 0 Å². The minimum Gasteiger partial charge on any atom is -0.508 e. The Labute approximate surface area is 132 Å². The molecule has 0 saturated heterocycles. The van der Waals surface area contributed by atoms with E-state index in [9.17, 15) is 9.90 Å². The van der Waals surface area contributed by atoms with E-state index in [4.69, 9.17) is 4.42 Å². The second kappa shape index (κ2) is 6.57. The molecular formula is C17H13N3O3. The number of anilines is 1. The Bertz CT molecular complexity index is 824. The van der Waals surface area contributed by atoms with Crippen LogP contribution in [0.25, 0.3) is 12.2 Å². The second-order valence-corrected chi connectivity index (χ2v) is 4.69. The van der Waals surface area contributed by atoms with E-state index in [0.717, 1.165) is 5.56 Å². The third kappa shape index (κ3) is 3.82. The van der Waals surface area contributed by atoms with Crippen molar-refractivity contribution in [3.05, 3.63) is 71.6 Å². The monoisotopic (exact) mass is 307 g/mol. The van der Waals surface area contributed by atoms with Gasteiger partial charge in [-0.2, -0.15) is 0 Å². The lowest BCUT2D eigenvalue weighted by Gasteiger charge is -1.98. The maximum atomic E-state index is 12.0. The molecule has 2 N–H and O–H groups in total. The summed E-state index contributed by atoms with van der Waals surface area (Å²) in [6.45, 7) is 0. The maximum absolute atomic E-state index is 12.0. The molecule has 0 bridgehead atoms. The number of aromatic nitrogens is 2. The van der Waals surface area contributed by atoms with Crippen molar-refractivity contribution < 1.29 is 14.3 Å². The number of rotatable bonds is 4. The van der Waals surface area contributed by atoms with Crippen molar-refractivity contribution in [1.82, 2.24) is 10.2 Å². The van der Waals surface area contributed by atoms with Gasteiger partial charge in [-0.05, 0) is 35.9 Å². The van der Waals surface area contributed by atoms with Gasteiger partial charge >= 0.3 is 6.01 Å². The number of phenolic OH excluding ortho intramolecular Hbond substituents is 1. The maximum Gasteiger partial charge on any atom is 0.322 e.